The fourth-order valence-electron chi connectivity index (χ4n) is 4.04. The molecule has 7 nitrogen and oxygen atoms in total. The summed E-state index contributed by atoms with van der Waals surface area (Å²) < 4.78 is 18.4. The summed E-state index contributed by atoms with van der Waals surface area (Å²) in [5.74, 6) is -0.351. The van der Waals surface area contributed by atoms with Crippen LogP contribution in [0, 0.1) is 5.82 Å². The van der Waals surface area contributed by atoms with Gasteiger partial charge in [-0.05, 0) is 42.5 Å². The summed E-state index contributed by atoms with van der Waals surface area (Å²) in [6, 6.07) is 21.1. The number of rotatable bonds is 5. The highest BCUT2D eigenvalue weighted by molar-refractivity contribution is 5.95. The molecule has 0 saturated carbocycles. The first-order chi connectivity index (χ1) is 16.6. The Morgan fingerprint density at radius 3 is 2.41 bits per heavy atom. The van der Waals surface area contributed by atoms with Gasteiger partial charge in [0.25, 0.3) is 5.91 Å². The van der Waals surface area contributed by atoms with Crippen molar-refractivity contribution in [2.45, 2.75) is 0 Å². The number of aromatic amines is 1. The minimum absolute atomic E-state index is 0.235. The number of hydrogen-bond acceptors (Lipinski definition) is 5. The standard InChI is InChI=1S/C26H23FN4O3/c27-20-7-9-21(10-8-20)30-12-14-31(15-13-30)24(32)17-34-26(33)19-6-11-22-23(16-19)29-25(28-22)18-4-2-1-3-5-18/h1-11,16H,12-15,17H2,(H,28,29). The van der Waals surface area contributed by atoms with E-state index in [1.165, 1.54) is 12.1 Å². The Morgan fingerprint density at radius 2 is 1.68 bits per heavy atom. The number of H-pyrrole nitrogens is 1. The number of nitrogens with one attached hydrogen (secondary N) is 1. The molecular weight excluding hydrogens is 435 g/mol. The van der Waals surface area contributed by atoms with Gasteiger partial charge >= 0.3 is 5.97 Å². The monoisotopic (exact) mass is 458 g/mol. The van der Waals surface area contributed by atoms with Crippen LogP contribution >= 0.6 is 0 Å². The quantitative estimate of drug-likeness (QED) is 0.460. The second-order valence-electron chi connectivity index (χ2n) is 8.10. The molecule has 0 bridgehead atoms. The van der Waals surface area contributed by atoms with Crippen LogP contribution in [0.4, 0.5) is 10.1 Å². The minimum Gasteiger partial charge on any atom is -0.452 e. The molecule has 1 N–H and O–H groups in total. The number of aromatic nitrogens is 2. The molecule has 0 radical (unpaired) electrons. The van der Waals surface area contributed by atoms with Crippen molar-refractivity contribution in [3.05, 3.63) is 84.2 Å². The summed E-state index contributed by atoms with van der Waals surface area (Å²) >= 11 is 0. The van der Waals surface area contributed by atoms with Crippen LogP contribution in [0.3, 0.4) is 0 Å². The van der Waals surface area contributed by atoms with Crippen LogP contribution in [-0.2, 0) is 9.53 Å². The smallest absolute Gasteiger partial charge is 0.338 e. The molecule has 0 spiro atoms. The van der Waals surface area contributed by atoms with Crippen molar-refractivity contribution in [1.82, 2.24) is 14.9 Å². The SMILES string of the molecule is O=C(OCC(=O)N1CCN(c2ccc(F)cc2)CC1)c1ccc2nc(-c3ccccc3)[nH]c2c1. The van der Waals surface area contributed by atoms with Gasteiger partial charge < -0.3 is 19.5 Å². The van der Waals surface area contributed by atoms with Crippen molar-refractivity contribution in [2.75, 3.05) is 37.7 Å². The van der Waals surface area contributed by atoms with E-state index in [1.54, 1.807) is 35.2 Å². The van der Waals surface area contributed by atoms with Gasteiger partial charge in [0.05, 0.1) is 16.6 Å². The molecule has 0 atom stereocenters. The maximum absolute atomic E-state index is 13.1. The Labute approximate surface area is 195 Å². The number of piperazine rings is 1. The van der Waals surface area contributed by atoms with Gasteiger partial charge in [-0.15, -0.1) is 0 Å². The fraction of sp³-hybridized carbons (Fsp3) is 0.192. The van der Waals surface area contributed by atoms with E-state index in [2.05, 4.69) is 14.9 Å². The highest BCUT2D eigenvalue weighted by Crippen LogP contribution is 2.21. The summed E-state index contributed by atoms with van der Waals surface area (Å²) in [5.41, 5.74) is 3.68. The van der Waals surface area contributed by atoms with Crippen LogP contribution in [0.2, 0.25) is 0 Å². The number of fused-ring (bicyclic) bond motifs is 1. The van der Waals surface area contributed by atoms with Gasteiger partial charge in [-0.25, -0.2) is 14.2 Å². The molecule has 172 valence electrons. The van der Waals surface area contributed by atoms with Crippen molar-refractivity contribution in [3.63, 3.8) is 0 Å². The third-order valence-corrected chi connectivity index (χ3v) is 5.92. The lowest BCUT2D eigenvalue weighted by Crippen LogP contribution is -2.49. The molecule has 1 aliphatic rings. The first-order valence-corrected chi connectivity index (χ1v) is 11.1. The summed E-state index contributed by atoms with van der Waals surface area (Å²) in [7, 11) is 0. The molecule has 2 heterocycles. The number of ether oxygens (including phenoxy) is 1. The van der Waals surface area contributed by atoms with Crippen molar-refractivity contribution in [1.29, 1.82) is 0 Å². The molecule has 34 heavy (non-hydrogen) atoms. The van der Waals surface area contributed by atoms with Crippen LogP contribution < -0.4 is 4.90 Å². The molecule has 5 rings (SSSR count). The number of halogens is 1. The number of anilines is 1. The molecule has 8 heteroatoms. The Balaban J connectivity index is 1.16. The number of hydrogen-bond donors (Lipinski definition) is 1. The number of amides is 1. The number of benzene rings is 3. The van der Waals surface area contributed by atoms with Crippen LogP contribution in [0.1, 0.15) is 10.4 Å². The van der Waals surface area contributed by atoms with Gasteiger partial charge in [0, 0.05) is 37.4 Å². The van der Waals surface area contributed by atoms with Crippen molar-refractivity contribution in [3.8, 4) is 11.4 Å². The number of imidazole rings is 1. The molecule has 1 fully saturated rings. The molecule has 1 amide bonds. The fourth-order valence-corrected chi connectivity index (χ4v) is 4.04. The second kappa shape index (κ2) is 9.35. The van der Waals surface area contributed by atoms with Crippen LogP contribution in [0.25, 0.3) is 22.4 Å². The molecular formula is C26H23FN4O3. The number of carbonyl (C=O) groups excluding carboxylic acids is 2. The Morgan fingerprint density at radius 1 is 0.941 bits per heavy atom. The lowest BCUT2D eigenvalue weighted by molar-refractivity contribution is -0.134. The van der Waals surface area contributed by atoms with Crippen LogP contribution in [0.15, 0.2) is 72.8 Å². The predicted octanol–water partition coefficient (Wildman–Crippen LogP) is 3.87. The summed E-state index contributed by atoms with van der Waals surface area (Å²) in [6.45, 7) is 1.97. The van der Waals surface area contributed by atoms with Crippen molar-refractivity contribution >= 4 is 28.6 Å². The average molecular weight is 458 g/mol. The lowest BCUT2D eigenvalue weighted by atomic mass is 10.2. The van der Waals surface area contributed by atoms with Crippen molar-refractivity contribution < 1.29 is 18.7 Å². The zero-order valence-electron chi connectivity index (χ0n) is 18.4. The Kier molecular flexibility index (Phi) is 5.95. The molecule has 1 aromatic heterocycles. The average Bonchev–Trinajstić information content (AvgIpc) is 3.32. The summed E-state index contributed by atoms with van der Waals surface area (Å²) in [5, 5.41) is 0. The molecule has 3 aromatic carbocycles. The lowest BCUT2D eigenvalue weighted by Gasteiger charge is -2.36. The highest BCUT2D eigenvalue weighted by atomic mass is 19.1. The van der Waals surface area contributed by atoms with E-state index in [0.717, 1.165) is 28.1 Å². The molecule has 0 aliphatic carbocycles. The first-order valence-electron chi connectivity index (χ1n) is 11.1. The van der Waals surface area contributed by atoms with Gasteiger partial charge in [0.2, 0.25) is 0 Å². The van der Waals surface area contributed by atoms with E-state index in [-0.39, 0.29) is 18.3 Å². The van der Waals surface area contributed by atoms with E-state index in [4.69, 9.17) is 4.74 Å². The predicted molar refractivity (Wildman–Crippen MR) is 127 cm³/mol. The minimum atomic E-state index is -0.559. The third-order valence-electron chi connectivity index (χ3n) is 5.92. The summed E-state index contributed by atoms with van der Waals surface area (Å²) in [6.07, 6.45) is 0. The van der Waals surface area contributed by atoms with Gasteiger partial charge in [0.1, 0.15) is 11.6 Å². The molecule has 1 aliphatic heterocycles. The number of carbonyl (C=O) groups is 2. The van der Waals surface area contributed by atoms with Crippen molar-refractivity contribution in [2.24, 2.45) is 0 Å². The van der Waals surface area contributed by atoms with E-state index >= 15 is 0 Å². The van der Waals surface area contributed by atoms with Gasteiger partial charge in [-0.1, -0.05) is 30.3 Å². The first kappa shape index (κ1) is 21.6. The Hall–Kier alpha value is -4.20. The molecule has 4 aromatic rings. The molecule has 0 unspecified atom stereocenters. The van der Waals surface area contributed by atoms with Gasteiger partial charge in [0.15, 0.2) is 6.61 Å². The highest BCUT2D eigenvalue weighted by Gasteiger charge is 2.22. The summed E-state index contributed by atoms with van der Waals surface area (Å²) in [4.78, 5) is 36.7. The Bertz CT molecular complexity index is 1310. The third kappa shape index (κ3) is 4.61. The van der Waals surface area contributed by atoms with Crippen LogP contribution in [-0.4, -0.2) is 59.5 Å². The molecule has 1 saturated heterocycles. The normalized spacial score (nSPS) is 13.8. The van der Waals surface area contributed by atoms with Gasteiger partial charge in [-0.2, -0.15) is 0 Å². The number of esters is 1. The maximum Gasteiger partial charge on any atom is 0.338 e. The van der Waals surface area contributed by atoms with E-state index in [9.17, 15) is 14.0 Å². The van der Waals surface area contributed by atoms with E-state index in [0.29, 0.717) is 31.7 Å². The number of nitrogens with zero attached hydrogens (tertiary/aromatic N) is 3. The second-order valence-corrected chi connectivity index (χ2v) is 8.10. The zero-order valence-corrected chi connectivity index (χ0v) is 18.4. The van der Waals surface area contributed by atoms with Gasteiger partial charge in [-0.3, -0.25) is 4.79 Å². The van der Waals surface area contributed by atoms with E-state index in [1.807, 2.05) is 30.3 Å². The zero-order chi connectivity index (χ0) is 23.5. The van der Waals surface area contributed by atoms with E-state index < -0.39 is 5.97 Å². The topological polar surface area (TPSA) is 78.5 Å². The van der Waals surface area contributed by atoms with Crippen LogP contribution in [0.5, 0.6) is 0 Å². The maximum atomic E-state index is 13.1. The largest absolute Gasteiger partial charge is 0.452 e.